The number of nitrogens with two attached hydrogens (primary N) is 1. The number of carboxylic acid groups (broad SMARTS) is 1. The number of rotatable bonds is 11. The van der Waals surface area contributed by atoms with Gasteiger partial charge in [-0.3, -0.25) is 20.4 Å². The maximum absolute atomic E-state index is 13.0. The molecule has 0 atom stereocenters. The minimum Gasteiger partial charge on any atom is -0.480 e. The van der Waals surface area contributed by atoms with E-state index in [0.717, 1.165) is 11.1 Å². The highest BCUT2D eigenvalue weighted by molar-refractivity contribution is 6.17. The van der Waals surface area contributed by atoms with Gasteiger partial charge in [-0.25, -0.2) is 5.01 Å². The monoisotopic (exact) mass is 458 g/mol. The van der Waals surface area contributed by atoms with Gasteiger partial charge in [-0.15, -0.1) is 0 Å². The molecular weight excluding hydrogens is 428 g/mol. The molecule has 0 saturated heterocycles. The van der Waals surface area contributed by atoms with Crippen molar-refractivity contribution >= 4 is 23.3 Å². The second-order valence-electron chi connectivity index (χ2n) is 7.95. The van der Waals surface area contributed by atoms with Crippen molar-refractivity contribution in [2.45, 2.75) is 19.4 Å². The van der Waals surface area contributed by atoms with Crippen molar-refractivity contribution < 1.29 is 14.7 Å². The summed E-state index contributed by atoms with van der Waals surface area (Å²) in [5, 5.41) is 10.9. The number of aliphatic imine (C=N–C) groups is 1. The molecular formula is C27H30N4O3. The first-order valence-electron chi connectivity index (χ1n) is 11.2. The van der Waals surface area contributed by atoms with Gasteiger partial charge in [-0.05, 0) is 18.1 Å². The van der Waals surface area contributed by atoms with Crippen LogP contribution in [0, 0.1) is 0 Å². The van der Waals surface area contributed by atoms with Crippen molar-refractivity contribution in [2.75, 3.05) is 25.0 Å². The van der Waals surface area contributed by atoms with Crippen LogP contribution in [0.1, 0.15) is 29.5 Å². The van der Waals surface area contributed by atoms with Crippen LogP contribution in [-0.2, 0) is 16.1 Å². The van der Waals surface area contributed by atoms with E-state index in [9.17, 15) is 14.7 Å². The Balaban J connectivity index is 1.71. The maximum atomic E-state index is 13.0. The number of para-hydroxylation sites is 1. The fourth-order valence-electron chi connectivity index (χ4n) is 3.67. The van der Waals surface area contributed by atoms with Crippen LogP contribution in [0.3, 0.4) is 0 Å². The second-order valence-corrected chi connectivity index (χ2v) is 7.95. The Labute approximate surface area is 200 Å². The zero-order valence-corrected chi connectivity index (χ0v) is 19.3. The molecule has 3 aromatic carbocycles. The Morgan fingerprint density at radius 2 is 1.53 bits per heavy atom. The van der Waals surface area contributed by atoms with E-state index in [1.165, 1.54) is 0 Å². The van der Waals surface area contributed by atoms with E-state index in [0.29, 0.717) is 42.9 Å². The number of hydrogen-bond donors (Lipinski definition) is 2. The van der Waals surface area contributed by atoms with Crippen LogP contribution in [0.2, 0.25) is 0 Å². The van der Waals surface area contributed by atoms with Crippen LogP contribution in [-0.4, -0.2) is 47.8 Å². The van der Waals surface area contributed by atoms with Gasteiger partial charge in [-0.2, -0.15) is 0 Å². The molecule has 7 nitrogen and oxygen atoms in total. The number of hydrogen-bond acceptors (Lipinski definition) is 5. The summed E-state index contributed by atoms with van der Waals surface area (Å²) in [6, 6.07) is 26.7. The van der Waals surface area contributed by atoms with Gasteiger partial charge < -0.3 is 10.0 Å². The number of nitrogens with zero attached hydrogens (tertiary/aromatic N) is 3. The minimum absolute atomic E-state index is 0.0498. The van der Waals surface area contributed by atoms with Gasteiger partial charge in [-0.1, -0.05) is 78.9 Å². The van der Waals surface area contributed by atoms with E-state index in [1.54, 1.807) is 17.0 Å². The van der Waals surface area contributed by atoms with Gasteiger partial charge in [0, 0.05) is 37.7 Å². The third-order valence-corrected chi connectivity index (χ3v) is 5.38. The largest absolute Gasteiger partial charge is 0.480 e. The fourth-order valence-corrected chi connectivity index (χ4v) is 3.67. The molecule has 0 fully saturated rings. The van der Waals surface area contributed by atoms with Crippen molar-refractivity contribution in [3.8, 4) is 0 Å². The molecule has 0 spiro atoms. The van der Waals surface area contributed by atoms with E-state index >= 15 is 0 Å². The average Bonchev–Trinajstić information content (AvgIpc) is 2.85. The molecule has 7 heteroatoms. The van der Waals surface area contributed by atoms with Crippen LogP contribution < -0.4 is 10.7 Å². The number of aliphatic carboxylic acids is 1. The van der Waals surface area contributed by atoms with Gasteiger partial charge in [0.1, 0.15) is 6.54 Å². The molecule has 0 radical (unpaired) electrons. The first kappa shape index (κ1) is 24.8. The van der Waals surface area contributed by atoms with Gasteiger partial charge >= 0.3 is 5.97 Å². The summed E-state index contributed by atoms with van der Waals surface area (Å²) in [6.07, 6.45) is 0.952. The Bertz CT molecular complexity index is 1120. The average molecular weight is 459 g/mol. The van der Waals surface area contributed by atoms with Crippen molar-refractivity contribution in [3.63, 3.8) is 0 Å². The summed E-state index contributed by atoms with van der Waals surface area (Å²) >= 11 is 0. The molecule has 0 aliphatic carbocycles. The predicted molar refractivity (Wildman–Crippen MR) is 135 cm³/mol. The number of carbonyl (C=O) groups excluding carboxylic acids is 1. The molecule has 3 aromatic rings. The van der Waals surface area contributed by atoms with E-state index in [2.05, 4.69) is 4.99 Å². The SMILES string of the molecule is CN(C(=O)CCCN(N)Cc1ccccc1)c1ccccc1/C(=N/CC(=O)O)c1ccccc1. The molecule has 3 N–H and O–H groups in total. The fraction of sp³-hybridized carbons (Fsp3) is 0.222. The lowest BCUT2D eigenvalue weighted by molar-refractivity contribution is -0.135. The summed E-state index contributed by atoms with van der Waals surface area (Å²) in [5.41, 5.74) is 3.83. The zero-order valence-electron chi connectivity index (χ0n) is 19.3. The standard InChI is InChI=1S/C27H30N4O3/c1-30(25(32)17-10-18-31(28)20-21-11-4-2-5-12-21)24-16-9-8-15-23(24)27(29-19-26(33)34)22-13-6-3-7-14-22/h2-9,11-16H,10,17-20,28H2,1H3,(H,33,34)/b29-27+. The second kappa shape index (κ2) is 12.4. The normalized spacial score (nSPS) is 11.4. The van der Waals surface area contributed by atoms with E-state index in [1.807, 2.05) is 84.9 Å². The lowest BCUT2D eigenvalue weighted by Gasteiger charge is -2.22. The third kappa shape index (κ3) is 7.10. The van der Waals surface area contributed by atoms with E-state index in [-0.39, 0.29) is 12.5 Å². The Kier molecular flexibility index (Phi) is 9.08. The van der Waals surface area contributed by atoms with E-state index in [4.69, 9.17) is 5.84 Å². The van der Waals surface area contributed by atoms with Crippen molar-refractivity contribution in [3.05, 3.63) is 102 Å². The quantitative estimate of drug-likeness (QED) is 0.259. The summed E-state index contributed by atoms with van der Waals surface area (Å²) in [4.78, 5) is 30.1. The smallest absolute Gasteiger partial charge is 0.325 e. The van der Waals surface area contributed by atoms with Crippen LogP contribution in [0.4, 0.5) is 5.69 Å². The number of carbonyl (C=O) groups is 2. The molecule has 0 bridgehead atoms. The van der Waals surface area contributed by atoms with Crippen LogP contribution >= 0.6 is 0 Å². The summed E-state index contributed by atoms with van der Waals surface area (Å²) < 4.78 is 0. The highest BCUT2D eigenvalue weighted by Crippen LogP contribution is 2.24. The van der Waals surface area contributed by atoms with Gasteiger partial charge in [0.15, 0.2) is 0 Å². The molecule has 0 aliphatic heterocycles. The van der Waals surface area contributed by atoms with Gasteiger partial charge in [0.05, 0.1) is 11.4 Å². The molecule has 0 unspecified atom stereocenters. The van der Waals surface area contributed by atoms with Crippen molar-refractivity contribution in [1.82, 2.24) is 5.01 Å². The minimum atomic E-state index is -1.02. The van der Waals surface area contributed by atoms with Gasteiger partial charge in [0.2, 0.25) is 5.91 Å². The Morgan fingerprint density at radius 1 is 0.912 bits per heavy atom. The number of hydrazine groups is 1. The molecule has 0 heterocycles. The molecule has 0 saturated carbocycles. The topological polar surface area (TPSA) is 99.2 Å². The van der Waals surface area contributed by atoms with Crippen LogP contribution in [0.25, 0.3) is 0 Å². The summed E-state index contributed by atoms with van der Waals surface area (Å²) in [5.74, 6) is 5.04. The third-order valence-electron chi connectivity index (χ3n) is 5.38. The lowest BCUT2D eigenvalue weighted by atomic mass is 9.99. The molecule has 0 aromatic heterocycles. The zero-order chi connectivity index (χ0) is 24.3. The van der Waals surface area contributed by atoms with Crippen LogP contribution in [0.15, 0.2) is 89.9 Å². The first-order valence-corrected chi connectivity index (χ1v) is 11.2. The predicted octanol–water partition coefficient (Wildman–Crippen LogP) is 3.73. The number of carboxylic acids is 1. The number of benzene rings is 3. The maximum Gasteiger partial charge on any atom is 0.325 e. The highest BCUT2D eigenvalue weighted by Gasteiger charge is 2.18. The molecule has 34 heavy (non-hydrogen) atoms. The summed E-state index contributed by atoms with van der Waals surface area (Å²) in [6.45, 7) is 0.851. The van der Waals surface area contributed by atoms with Crippen molar-refractivity contribution in [2.24, 2.45) is 10.8 Å². The number of anilines is 1. The molecule has 3 rings (SSSR count). The first-order chi connectivity index (χ1) is 16.5. The number of amides is 1. The molecule has 0 aliphatic rings. The van der Waals surface area contributed by atoms with Crippen LogP contribution in [0.5, 0.6) is 0 Å². The Hall–Kier alpha value is -3.81. The van der Waals surface area contributed by atoms with E-state index < -0.39 is 5.97 Å². The van der Waals surface area contributed by atoms with Gasteiger partial charge in [0.25, 0.3) is 0 Å². The molecule has 176 valence electrons. The summed E-state index contributed by atoms with van der Waals surface area (Å²) in [7, 11) is 1.73. The Morgan fingerprint density at radius 3 is 2.21 bits per heavy atom. The molecule has 1 amide bonds. The lowest BCUT2D eigenvalue weighted by Crippen LogP contribution is -2.33. The highest BCUT2D eigenvalue weighted by atomic mass is 16.4. The van der Waals surface area contributed by atoms with Crippen molar-refractivity contribution in [1.29, 1.82) is 0 Å².